The van der Waals surface area contributed by atoms with Gasteiger partial charge in [-0.25, -0.2) is 4.79 Å². The van der Waals surface area contributed by atoms with E-state index >= 15 is 0 Å². The second-order valence-electron chi connectivity index (χ2n) is 2.91. The smallest absolute Gasteiger partial charge is 0.338 e. The van der Waals surface area contributed by atoms with E-state index < -0.39 is 0 Å². The number of aryl methyl sites for hydroxylation is 1. The molecule has 0 radical (unpaired) electrons. The highest BCUT2D eigenvalue weighted by Gasteiger charge is 2.05. The van der Waals surface area contributed by atoms with Crippen molar-refractivity contribution in [1.29, 1.82) is 0 Å². The monoisotopic (exact) mass is 212 g/mol. The number of thioether (sulfide) groups is 1. The van der Waals surface area contributed by atoms with Gasteiger partial charge in [-0.15, -0.1) is 0 Å². The Morgan fingerprint density at radius 1 is 1.50 bits per heavy atom. The summed E-state index contributed by atoms with van der Waals surface area (Å²) in [6, 6.07) is 7.29. The fraction of sp³-hybridized carbons (Fsp3) is 0.364. The van der Waals surface area contributed by atoms with Crippen molar-refractivity contribution >= 4 is 17.7 Å². The van der Waals surface area contributed by atoms with Crippen molar-refractivity contribution < 1.29 is 10.9 Å². The van der Waals surface area contributed by atoms with Gasteiger partial charge >= 0.3 is 5.97 Å². The molecule has 1 rings (SSSR count). The average Bonchev–Trinajstić information content (AvgIpc) is 2.25. The Bertz CT molecular complexity index is 311. The van der Waals surface area contributed by atoms with E-state index in [4.69, 9.17) is 6.11 Å². The van der Waals surface area contributed by atoms with Crippen molar-refractivity contribution in [3.63, 3.8) is 0 Å². The van der Waals surface area contributed by atoms with Crippen LogP contribution in [0.1, 0.15) is 17.3 Å². The molecular weight excluding hydrogens is 196 g/mol. The molecule has 14 heavy (non-hydrogen) atoms. The predicted octanol–water partition coefficient (Wildman–Crippen LogP) is 2.51. The molecule has 0 fully saturated rings. The second kappa shape index (κ2) is 5.70. The van der Waals surface area contributed by atoms with Crippen LogP contribution in [-0.2, 0) is 4.74 Å². The van der Waals surface area contributed by atoms with Crippen LogP contribution in [0.5, 0.6) is 0 Å². The van der Waals surface area contributed by atoms with Crippen LogP contribution in [0.2, 0.25) is 0 Å². The first-order valence-electron chi connectivity index (χ1n) is 5.05. The van der Waals surface area contributed by atoms with Gasteiger partial charge in [0.1, 0.15) is 6.61 Å². The van der Waals surface area contributed by atoms with Crippen LogP contribution in [0.4, 0.5) is 0 Å². The van der Waals surface area contributed by atoms with E-state index in [0.717, 1.165) is 5.56 Å². The Labute approximate surface area is 90.1 Å². The molecule has 0 unspecified atom stereocenters. The van der Waals surface area contributed by atoms with E-state index in [1.54, 1.807) is 12.1 Å². The zero-order valence-corrected chi connectivity index (χ0v) is 8.97. The molecule has 0 aromatic heterocycles. The quantitative estimate of drug-likeness (QED) is 0.566. The molecule has 0 atom stereocenters. The molecular formula is C11H14O2S. The number of carbonyl (C=O) groups is 1. The van der Waals surface area contributed by atoms with E-state index in [-0.39, 0.29) is 5.97 Å². The van der Waals surface area contributed by atoms with Crippen LogP contribution in [0.3, 0.4) is 0 Å². The SMILES string of the molecule is [3H]CSCCOC(=O)c1ccc(C)cc1. The average molecular weight is 212 g/mol. The highest BCUT2D eigenvalue weighted by atomic mass is 32.2. The van der Waals surface area contributed by atoms with Gasteiger partial charge in [0, 0.05) is 7.12 Å². The Kier molecular flexibility index (Phi) is 3.91. The molecule has 0 amide bonds. The Hall–Kier alpha value is -0.960. The van der Waals surface area contributed by atoms with Crippen molar-refractivity contribution in [2.75, 3.05) is 18.6 Å². The molecule has 0 N–H and O–H groups in total. The van der Waals surface area contributed by atoms with Crippen LogP contribution in [-0.4, -0.2) is 24.6 Å². The van der Waals surface area contributed by atoms with Gasteiger partial charge in [-0.1, -0.05) is 17.7 Å². The summed E-state index contributed by atoms with van der Waals surface area (Å²) in [5, 5.41) is 0. The fourth-order valence-corrected chi connectivity index (χ4v) is 1.17. The first kappa shape index (κ1) is 9.59. The van der Waals surface area contributed by atoms with Crippen LogP contribution in [0, 0.1) is 6.92 Å². The maximum absolute atomic E-state index is 11.4. The van der Waals surface area contributed by atoms with E-state index in [2.05, 4.69) is 0 Å². The highest BCUT2D eigenvalue weighted by molar-refractivity contribution is 7.98. The zero-order valence-electron chi connectivity index (χ0n) is 9.16. The maximum Gasteiger partial charge on any atom is 0.338 e. The number of carbonyl (C=O) groups excluding carboxylic acids is 1. The summed E-state index contributed by atoms with van der Waals surface area (Å²) in [7, 11) is 0. The lowest BCUT2D eigenvalue weighted by atomic mass is 10.1. The third kappa shape index (κ3) is 3.42. The predicted molar refractivity (Wildman–Crippen MR) is 59.8 cm³/mol. The minimum atomic E-state index is -0.291. The molecule has 0 aliphatic rings. The van der Waals surface area contributed by atoms with Crippen LogP contribution in [0.15, 0.2) is 24.3 Å². The van der Waals surface area contributed by atoms with E-state index in [0.29, 0.717) is 24.2 Å². The minimum absolute atomic E-state index is 0.291. The Morgan fingerprint density at radius 2 is 2.21 bits per heavy atom. The normalized spacial score (nSPS) is 10.8. The number of hydrogen-bond donors (Lipinski definition) is 0. The molecule has 0 aliphatic heterocycles. The van der Waals surface area contributed by atoms with Gasteiger partial charge in [0.25, 0.3) is 0 Å². The first-order valence-corrected chi connectivity index (χ1v) is 5.50. The summed E-state index contributed by atoms with van der Waals surface area (Å²) in [5.74, 6) is 0.391. The van der Waals surface area contributed by atoms with Gasteiger partial charge in [-0.2, -0.15) is 11.8 Å². The second-order valence-corrected chi connectivity index (χ2v) is 3.73. The van der Waals surface area contributed by atoms with Gasteiger partial charge in [0.2, 0.25) is 0 Å². The Morgan fingerprint density at radius 3 is 2.86 bits per heavy atom. The lowest BCUT2D eigenvalue weighted by Gasteiger charge is -2.03. The number of hydrogen-bond acceptors (Lipinski definition) is 3. The van der Waals surface area contributed by atoms with Crippen molar-refractivity contribution in [3.8, 4) is 0 Å². The summed E-state index contributed by atoms with van der Waals surface area (Å²) in [4.78, 5) is 11.4. The molecule has 0 saturated carbocycles. The molecule has 0 spiro atoms. The van der Waals surface area contributed by atoms with Gasteiger partial charge in [-0.3, -0.25) is 0 Å². The van der Waals surface area contributed by atoms with E-state index in [9.17, 15) is 4.79 Å². The third-order valence-electron chi connectivity index (χ3n) is 1.75. The van der Waals surface area contributed by atoms with Gasteiger partial charge in [0.05, 0.1) is 5.56 Å². The highest BCUT2D eigenvalue weighted by Crippen LogP contribution is 2.05. The topological polar surface area (TPSA) is 26.3 Å². The standard InChI is InChI=1S/C11H14O2S/c1-9-3-5-10(6-4-9)11(12)13-7-8-14-2/h3-6H,7-8H2,1-2H3/i2T. The van der Waals surface area contributed by atoms with Crippen LogP contribution < -0.4 is 0 Å². The molecule has 76 valence electrons. The number of rotatable bonds is 4. The number of ether oxygens (including phenoxy) is 1. The summed E-state index contributed by atoms with van der Waals surface area (Å²) in [5.41, 5.74) is 1.70. The van der Waals surface area contributed by atoms with Gasteiger partial charge in [0.15, 0.2) is 0 Å². The third-order valence-corrected chi connectivity index (χ3v) is 2.20. The largest absolute Gasteiger partial charge is 0.461 e. The molecule has 1 aromatic rings. The molecule has 0 aliphatic carbocycles. The molecule has 0 bridgehead atoms. The fourth-order valence-electron chi connectivity index (χ4n) is 0.966. The molecule has 2 nitrogen and oxygen atoms in total. The van der Waals surface area contributed by atoms with E-state index in [1.807, 2.05) is 19.1 Å². The lowest BCUT2D eigenvalue weighted by molar-refractivity contribution is 0.0530. The molecule has 0 saturated heterocycles. The van der Waals surface area contributed by atoms with Crippen molar-refractivity contribution in [3.05, 3.63) is 35.4 Å². The summed E-state index contributed by atoms with van der Waals surface area (Å²) < 4.78 is 11.9. The van der Waals surface area contributed by atoms with Crippen molar-refractivity contribution in [2.24, 2.45) is 0 Å². The molecule has 3 heteroatoms. The summed E-state index contributed by atoms with van der Waals surface area (Å²) >= 11 is 1.44. The minimum Gasteiger partial charge on any atom is -0.461 e. The first-order chi connectivity index (χ1) is 7.24. The maximum atomic E-state index is 11.4. The van der Waals surface area contributed by atoms with Crippen molar-refractivity contribution in [2.45, 2.75) is 6.92 Å². The molecule has 0 heterocycles. The summed E-state index contributed by atoms with van der Waals surface area (Å²) in [6.07, 6.45) is 0.308. The lowest BCUT2D eigenvalue weighted by Crippen LogP contribution is -2.07. The number of esters is 1. The molecule has 1 aromatic carbocycles. The van der Waals surface area contributed by atoms with E-state index in [1.165, 1.54) is 11.8 Å². The Balaban J connectivity index is 2.37. The summed E-state index contributed by atoms with van der Waals surface area (Å²) in [6.45, 7) is 2.34. The van der Waals surface area contributed by atoms with Crippen molar-refractivity contribution in [1.82, 2.24) is 0 Å². The van der Waals surface area contributed by atoms with Gasteiger partial charge in [-0.05, 0) is 25.3 Å². The van der Waals surface area contributed by atoms with Gasteiger partial charge < -0.3 is 4.74 Å². The van der Waals surface area contributed by atoms with Crippen LogP contribution in [0.25, 0.3) is 0 Å². The number of benzene rings is 1. The van der Waals surface area contributed by atoms with Crippen LogP contribution >= 0.6 is 11.8 Å². The zero-order chi connectivity index (χ0) is 11.1.